The predicted molar refractivity (Wildman–Crippen MR) is 53.3 cm³/mol. The Morgan fingerprint density at radius 3 is 2.23 bits per heavy atom. The molecule has 2 nitrogen and oxygen atoms in total. The number of carbonyl (C=O) groups is 1. The van der Waals surface area contributed by atoms with Crippen LogP contribution in [0.25, 0.3) is 0 Å². The van der Waals surface area contributed by atoms with Crippen LogP contribution in [0.15, 0.2) is 0 Å². The maximum Gasteiger partial charge on any atom is 0.304 e. The second-order valence-electron chi connectivity index (χ2n) is 4.31. The molecule has 2 heteroatoms. The summed E-state index contributed by atoms with van der Waals surface area (Å²) in [4.78, 5) is 10.1. The zero-order valence-corrected chi connectivity index (χ0v) is 8.68. The molecule has 13 heavy (non-hydrogen) atoms. The van der Waals surface area contributed by atoms with Gasteiger partial charge in [-0.15, -0.1) is 11.8 Å². The van der Waals surface area contributed by atoms with E-state index >= 15 is 0 Å². The van der Waals surface area contributed by atoms with Gasteiger partial charge >= 0.3 is 5.97 Å². The zero-order chi connectivity index (χ0) is 10.3. The zero-order valence-electron chi connectivity index (χ0n) is 8.68. The van der Waals surface area contributed by atoms with Crippen LogP contribution in [0, 0.1) is 17.3 Å². The lowest BCUT2D eigenvalue weighted by atomic mass is 9.91. The monoisotopic (exact) mass is 182 g/mol. The molecule has 0 unspecified atom stereocenters. The molecule has 0 heterocycles. The maximum atomic E-state index is 10.1. The van der Waals surface area contributed by atoms with Crippen molar-refractivity contribution in [3.63, 3.8) is 0 Å². The molecular formula is C11H18O2. The van der Waals surface area contributed by atoms with Gasteiger partial charge in [-0.1, -0.05) is 20.8 Å². The number of hydrogen-bond acceptors (Lipinski definition) is 1. The van der Waals surface area contributed by atoms with Crippen LogP contribution >= 0.6 is 0 Å². The molecule has 74 valence electrons. The summed E-state index contributed by atoms with van der Waals surface area (Å²) in [7, 11) is 0. The highest BCUT2D eigenvalue weighted by Gasteiger charge is 2.07. The fourth-order valence-corrected chi connectivity index (χ4v) is 0.784. The van der Waals surface area contributed by atoms with E-state index in [1.165, 1.54) is 0 Å². The van der Waals surface area contributed by atoms with Crippen LogP contribution in [-0.4, -0.2) is 11.1 Å². The molecule has 0 radical (unpaired) electrons. The minimum absolute atomic E-state index is 0.155. The minimum atomic E-state index is -0.773. The number of aliphatic carboxylic acids is 1. The highest BCUT2D eigenvalue weighted by molar-refractivity contribution is 5.66. The third kappa shape index (κ3) is 11.0. The molecule has 0 saturated heterocycles. The van der Waals surface area contributed by atoms with Crippen molar-refractivity contribution in [2.45, 2.75) is 46.5 Å². The summed E-state index contributed by atoms with van der Waals surface area (Å²) in [6.07, 6.45) is 2.55. The molecule has 0 aliphatic heterocycles. The smallest absolute Gasteiger partial charge is 0.304 e. The quantitative estimate of drug-likeness (QED) is 0.681. The summed E-state index contributed by atoms with van der Waals surface area (Å²) in [6, 6.07) is 0. The first kappa shape index (κ1) is 12.0. The second kappa shape index (κ2) is 5.64. The van der Waals surface area contributed by atoms with Gasteiger partial charge in [0.1, 0.15) is 0 Å². The van der Waals surface area contributed by atoms with Crippen molar-refractivity contribution in [2.75, 3.05) is 0 Å². The van der Waals surface area contributed by atoms with Gasteiger partial charge in [0.2, 0.25) is 0 Å². The van der Waals surface area contributed by atoms with Crippen LogP contribution in [0.5, 0.6) is 0 Å². The summed E-state index contributed by atoms with van der Waals surface area (Å²) in [5.74, 6) is 5.07. The van der Waals surface area contributed by atoms with Gasteiger partial charge in [0.05, 0.1) is 6.42 Å². The molecule has 0 amide bonds. The molecule has 0 aromatic carbocycles. The van der Waals surface area contributed by atoms with Crippen LogP contribution in [0.4, 0.5) is 0 Å². The molecule has 0 bridgehead atoms. The molecule has 0 aliphatic rings. The molecular weight excluding hydrogens is 164 g/mol. The Hall–Kier alpha value is -0.970. The van der Waals surface area contributed by atoms with Gasteiger partial charge in [0, 0.05) is 12.8 Å². The minimum Gasteiger partial charge on any atom is -0.481 e. The fraction of sp³-hybridized carbons (Fsp3) is 0.727. The molecule has 0 fully saturated rings. The van der Waals surface area contributed by atoms with Crippen LogP contribution in [0.3, 0.4) is 0 Å². The van der Waals surface area contributed by atoms with Gasteiger partial charge in [-0.05, 0) is 11.8 Å². The second-order valence-corrected chi connectivity index (χ2v) is 4.31. The topological polar surface area (TPSA) is 37.3 Å². The van der Waals surface area contributed by atoms with E-state index in [1.807, 2.05) is 0 Å². The third-order valence-corrected chi connectivity index (χ3v) is 1.59. The van der Waals surface area contributed by atoms with Crippen LogP contribution < -0.4 is 0 Å². The van der Waals surface area contributed by atoms with E-state index in [-0.39, 0.29) is 6.42 Å². The Bertz CT molecular complexity index is 212. The van der Waals surface area contributed by atoms with Crippen molar-refractivity contribution < 1.29 is 9.90 Å². The molecule has 0 aromatic rings. The van der Waals surface area contributed by atoms with Gasteiger partial charge in [-0.2, -0.15) is 0 Å². The summed E-state index contributed by atoms with van der Waals surface area (Å²) in [5.41, 5.74) is 0.321. The lowest BCUT2D eigenvalue weighted by Crippen LogP contribution is -2.03. The van der Waals surface area contributed by atoms with Gasteiger partial charge in [0.15, 0.2) is 0 Å². The first-order chi connectivity index (χ1) is 5.92. The van der Waals surface area contributed by atoms with Gasteiger partial charge in [0.25, 0.3) is 0 Å². The van der Waals surface area contributed by atoms with Crippen molar-refractivity contribution in [3.05, 3.63) is 0 Å². The molecule has 0 aromatic heterocycles. The Morgan fingerprint density at radius 1 is 1.23 bits per heavy atom. The van der Waals surface area contributed by atoms with E-state index in [1.54, 1.807) is 0 Å². The first-order valence-electron chi connectivity index (χ1n) is 4.59. The summed E-state index contributed by atoms with van der Waals surface area (Å²) < 4.78 is 0. The van der Waals surface area contributed by atoms with Gasteiger partial charge in [-0.25, -0.2) is 0 Å². The van der Waals surface area contributed by atoms with Crippen LogP contribution in [0.1, 0.15) is 46.5 Å². The molecule has 0 aliphatic carbocycles. The Morgan fingerprint density at radius 2 is 1.77 bits per heavy atom. The van der Waals surface area contributed by atoms with E-state index < -0.39 is 5.97 Å². The highest BCUT2D eigenvalue weighted by atomic mass is 16.4. The van der Waals surface area contributed by atoms with E-state index in [2.05, 4.69) is 32.6 Å². The molecule has 0 atom stereocenters. The predicted octanol–water partition coefficient (Wildman–Crippen LogP) is 2.68. The van der Waals surface area contributed by atoms with Crippen molar-refractivity contribution >= 4 is 5.97 Å². The summed E-state index contributed by atoms with van der Waals surface area (Å²) in [5, 5.41) is 8.33. The molecule has 1 N–H and O–H groups in total. The normalized spacial score (nSPS) is 10.4. The van der Waals surface area contributed by atoms with Gasteiger partial charge in [-0.3, -0.25) is 4.79 Å². The van der Waals surface area contributed by atoms with Crippen molar-refractivity contribution in [2.24, 2.45) is 5.41 Å². The standard InChI is InChI=1S/C11H18O2/c1-11(2,3)9-7-5-4-6-8-10(12)13/h6-9H2,1-3H3,(H,12,13). The number of carboxylic acid groups (broad SMARTS) is 1. The number of rotatable bonds is 3. The Labute approximate surface area is 80.3 Å². The van der Waals surface area contributed by atoms with E-state index in [0.717, 1.165) is 12.8 Å². The Balaban J connectivity index is 3.46. The number of hydrogen-bond donors (Lipinski definition) is 1. The molecule has 0 saturated carbocycles. The highest BCUT2D eigenvalue weighted by Crippen LogP contribution is 2.19. The fourth-order valence-electron chi connectivity index (χ4n) is 0.784. The third-order valence-electron chi connectivity index (χ3n) is 1.59. The maximum absolute atomic E-state index is 10.1. The average molecular weight is 182 g/mol. The van der Waals surface area contributed by atoms with E-state index in [4.69, 9.17) is 5.11 Å². The summed E-state index contributed by atoms with van der Waals surface area (Å²) in [6.45, 7) is 6.52. The Kier molecular flexibility index (Phi) is 5.22. The number of carboxylic acids is 1. The molecule has 0 rings (SSSR count). The van der Waals surface area contributed by atoms with Crippen molar-refractivity contribution in [1.29, 1.82) is 0 Å². The first-order valence-corrected chi connectivity index (χ1v) is 4.59. The SMILES string of the molecule is CC(C)(C)CCC#CCCC(=O)O. The van der Waals surface area contributed by atoms with Crippen LogP contribution in [-0.2, 0) is 4.79 Å². The van der Waals surface area contributed by atoms with Crippen LogP contribution in [0.2, 0.25) is 0 Å². The van der Waals surface area contributed by atoms with Crippen molar-refractivity contribution in [1.82, 2.24) is 0 Å². The lowest BCUT2D eigenvalue weighted by Gasteiger charge is -2.15. The molecule has 0 spiro atoms. The largest absolute Gasteiger partial charge is 0.481 e. The summed E-state index contributed by atoms with van der Waals surface area (Å²) >= 11 is 0. The van der Waals surface area contributed by atoms with Crippen molar-refractivity contribution in [3.8, 4) is 11.8 Å². The van der Waals surface area contributed by atoms with Gasteiger partial charge < -0.3 is 5.11 Å². The van der Waals surface area contributed by atoms with E-state index in [9.17, 15) is 4.79 Å². The average Bonchev–Trinajstić information content (AvgIpc) is 1.93. The van der Waals surface area contributed by atoms with E-state index in [0.29, 0.717) is 11.8 Å². The lowest BCUT2D eigenvalue weighted by molar-refractivity contribution is -0.136.